The van der Waals surface area contributed by atoms with E-state index in [4.69, 9.17) is 0 Å². The van der Waals surface area contributed by atoms with Gasteiger partial charge in [0.25, 0.3) is 6.43 Å². The van der Waals surface area contributed by atoms with E-state index >= 15 is 0 Å². The third kappa shape index (κ3) is 5.62. The maximum absolute atomic E-state index is 11.3. The van der Waals surface area contributed by atoms with E-state index in [-0.39, 0.29) is 0 Å². The molecule has 0 amide bonds. The van der Waals surface area contributed by atoms with Crippen LogP contribution < -0.4 is 0 Å². The van der Waals surface area contributed by atoms with Crippen molar-refractivity contribution in [2.24, 2.45) is 0 Å². The second-order valence-corrected chi connectivity index (χ2v) is 2.94. The molecule has 0 spiro atoms. The molecule has 0 fully saturated rings. The zero-order valence-corrected chi connectivity index (χ0v) is 5.83. The summed E-state index contributed by atoms with van der Waals surface area (Å²) in [5.74, 6) is 0.392. The third-order valence-corrected chi connectivity index (χ3v) is 1.69. The second-order valence-electron chi connectivity index (χ2n) is 1.33. The quantitative estimate of drug-likeness (QED) is 0.602. The highest BCUT2D eigenvalue weighted by molar-refractivity contribution is 7.87. The predicted molar refractivity (Wildman–Crippen MR) is 33.8 cm³/mol. The van der Waals surface area contributed by atoms with Crippen molar-refractivity contribution in [3.63, 3.8) is 0 Å². The average Bonchev–Trinajstić information content (AvgIpc) is 1.83. The summed E-state index contributed by atoms with van der Waals surface area (Å²) in [5.41, 5.74) is 0. The summed E-state index contributed by atoms with van der Waals surface area (Å²) < 4.78 is 33.0. The van der Waals surface area contributed by atoms with E-state index in [0.29, 0.717) is 11.8 Å². The summed E-state index contributed by atoms with van der Waals surface area (Å²) in [7, 11) is -1.21. The average molecular weight is 154 g/mol. The molecule has 0 aliphatic carbocycles. The number of allylic oxidation sites excluding steroid dienone is 1. The Morgan fingerprint density at radius 1 is 1.67 bits per heavy atom. The second kappa shape index (κ2) is 4.61. The molecule has 9 heavy (non-hydrogen) atoms. The van der Waals surface area contributed by atoms with Crippen molar-refractivity contribution in [2.75, 3.05) is 5.75 Å². The molecule has 0 saturated heterocycles. The highest BCUT2D eigenvalue weighted by Gasteiger charge is 1.93. The van der Waals surface area contributed by atoms with E-state index in [1.807, 2.05) is 0 Å². The standard InChI is InChI=1S/C5H8F2OS/c1-2-9(8)4-3-5(6)7/h3-5H,2H2,1H3/b4-3+. The van der Waals surface area contributed by atoms with Crippen LogP contribution in [0, 0.1) is 0 Å². The van der Waals surface area contributed by atoms with Gasteiger partial charge in [-0.3, -0.25) is 4.21 Å². The van der Waals surface area contributed by atoms with Gasteiger partial charge >= 0.3 is 0 Å². The van der Waals surface area contributed by atoms with Gasteiger partial charge in [-0.2, -0.15) is 0 Å². The van der Waals surface area contributed by atoms with E-state index in [9.17, 15) is 13.0 Å². The Hall–Kier alpha value is -0.250. The largest absolute Gasteiger partial charge is 0.257 e. The van der Waals surface area contributed by atoms with Crippen LogP contribution in [0.15, 0.2) is 11.5 Å². The minimum atomic E-state index is -2.49. The van der Waals surface area contributed by atoms with Crippen molar-refractivity contribution >= 4 is 10.8 Å². The fraction of sp³-hybridized carbons (Fsp3) is 0.600. The highest BCUT2D eigenvalue weighted by atomic mass is 32.2. The predicted octanol–water partition coefficient (Wildman–Crippen LogP) is 1.53. The molecule has 0 rings (SSSR count). The SMILES string of the molecule is CCS(=O)/C=C/C(F)F. The summed E-state index contributed by atoms with van der Waals surface area (Å²) in [6.45, 7) is 1.67. The molecule has 0 aliphatic rings. The van der Waals surface area contributed by atoms with Gasteiger partial charge in [0.1, 0.15) is 0 Å². The van der Waals surface area contributed by atoms with E-state index < -0.39 is 17.2 Å². The van der Waals surface area contributed by atoms with E-state index in [0.717, 1.165) is 5.41 Å². The molecule has 54 valence electrons. The van der Waals surface area contributed by atoms with Crippen LogP contribution in [-0.2, 0) is 10.8 Å². The van der Waals surface area contributed by atoms with Gasteiger partial charge in [0.15, 0.2) is 0 Å². The van der Waals surface area contributed by atoms with Crippen LogP contribution in [0.2, 0.25) is 0 Å². The lowest BCUT2D eigenvalue weighted by Crippen LogP contribution is -1.88. The first-order chi connectivity index (χ1) is 4.16. The van der Waals surface area contributed by atoms with E-state index in [2.05, 4.69) is 0 Å². The molecule has 1 atom stereocenters. The van der Waals surface area contributed by atoms with Crippen LogP contribution >= 0.6 is 0 Å². The molecule has 0 aromatic heterocycles. The molecular formula is C5H8F2OS. The van der Waals surface area contributed by atoms with Gasteiger partial charge in [-0.05, 0) is 6.08 Å². The first kappa shape index (κ1) is 8.75. The zero-order valence-electron chi connectivity index (χ0n) is 5.01. The fourth-order valence-electron chi connectivity index (χ4n) is 0.243. The monoisotopic (exact) mass is 154 g/mol. The topological polar surface area (TPSA) is 17.1 Å². The number of hydrogen-bond acceptors (Lipinski definition) is 1. The van der Waals surface area contributed by atoms with Crippen molar-refractivity contribution in [1.29, 1.82) is 0 Å². The number of hydrogen-bond donors (Lipinski definition) is 0. The van der Waals surface area contributed by atoms with Crippen LogP contribution in [0.3, 0.4) is 0 Å². The summed E-state index contributed by atoms with van der Waals surface area (Å²) in [6, 6.07) is 0. The number of alkyl halides is 2. The minimum absolute atomic E-state index is 0.392. The van der Waals surface area contributed by atoms with Crippen LogP contribution in [-0.4, -0.2) is 16.4 Å². The van der Waals surface area contributed by atoms with Crippen molar-refractivity contribution in [2.45, 2.75) is 13.3 Å². The molecule has 0 saturated carbocycles. The molecule has 1 unspecified atom stereocenters. The van der Waals surface area contributed by atoms with E-state index in [1.165, 1.54) is 0 Å². The minimum Gasteiger partial charge on any atom is -0.255 e. The molecule has 4 heteroatoms. The zero-order chi connectivity index (χ0) is 7.28. The van der Waals surface area contributed by atoms with Crippen molar-refractivity contribution < 1.29 is 13.0 Å². The number of halogens is 2. The maximum atomic E-state index is 11.3. The Morgan fingerprint density at radius 2 is 2.22 bits per heavy atom. The van der Waals surface area contributed by atoms with Gasteiger partial charge in [0, 0.05) is 22.0 Å². The molecule has 0 aliphatic heterocycles. The Morgan fingerprint density at radius 3 is 2.56 bits per heavy atom. The molecule has 0 aromatic rings. The molecule has 0 heterocycles. The van der Waals surface area contributed by atoms with Gasteiger partial charge in [0.2, 0.25) is 0 Å². The molecule has 0 N–H and O–H groups in total. The lowest BCUT2D eigenvalue weighted by Gasteiger charge is -1.86. The molecule has 0 aromatic carbocycles. The molecule has 0 radical (unpaired) electrons. The number of rotatable bonds is 3. The normalized spacial score (nSPS) is 15.1. The Balaban J connectivity index is 3.57. The Kier molecular flexibility index (Phi) is 4.48. The van der Waals surface area contributed by atoms with Crippen LogP contribution in [0.4, 0.5) is 8.78 Å². The summed E-state index contributed by atoms with van der Waals surface area (Å²) in [4.78, 5) is 0. The van der Waals surface area contributed by atoms with Crippen molar-refractivity contribution in [3.05, 3.63) is 11.5 Å². The Bertz CT molecular complexity index is 122. The maximum Gasteiger partial charge on any atom is 0.257 e. The summed E-state index contributed by atoms with van der Waals surface area (Å²) >= 11 is 0. The van der Waals surface area contributed by atoms with Gasteiger partial charge < -0.3 is 0 Å². The van der Waals surface area contributed by atoms with Crippen molar-refractivity contribution in [3.8, 4) is 0 Å². The third-order valence-electron chi connectivity index (χ3n) is 0.660. The highest BCUT2D eigenvalue weighted by Crippen LogP contribution is 1.94. The first-order valence-electron chi connectivity index (χ1n) is 2.50. The smallest absolute Gasteiger partial charge is 0.255 e. The molecule has 1 nitrogen and oxygen atoms in total. The van der Waals surface area contributed by atoms with Crippen LogP contribution in [0.1, 0.15) is 6.92 Å². The van der Waals surface area contributed by atoms with E-state index in [1.54, 1.807) is 6.92 Å². The lowest BCUT2D eigenvalue weighted by atomic mass is 10.7. The summed E-state index contributed by atoms with van der Waals surface area (Å²) in [5, 5.41) is 1.02. The fourth-order valence-corrected chi connectivity index (χ4v) is 0.730. The molecular weight excluding hydrogens is 146 g/mol. The van der Waals surface area contributed by atoms with Gasteiger partial charge in [-0.1, -0.05) is 6.92 Å². The first-order valence-corrected chi connectivity index (χ1v) is 3.88. The van der Waals surface area contributed by atoms with Crippen molar-refractivity contribution in [1.82, 2.24) is 0 Å². The van der Waals surface area contributed by atoms with Crippen LogP contribution in [0.5, 0.6) is 0 Å². The Labute approximate surface area is 55.2 Å². The van der Waals surface area contributed by atoms with Gasteiger partial charge in [-0.15, -0.1) is 0 Å². The molecule has 0 bridgehead atoms. The lowest BCUT2D eigenvalue weighted by molar-refractivity contribution is 0.204. The van der Waals surface area contributed by atoms with Crippen LogP contribution in [0.25, 0.3) is 0 Å². The van der Waals surface area contributed by atoms with Gasteiger partial charge in [-0.25, -0.2) is 8.78 Å². The van der Waals surface area contributed by atoms with Gasteiger partial charge in [0.05, 0.1) is 0 Å². The summed E-state index contributed by atoms with van der Waals surface area (Å²) in [6.07, 6.45) is -1.85.